The van der Waals surface area contributed by atoms with Crippen molar-refractivity contribution in [2.24, 2.45) is 21.6 Å². The summed E-state index contributed by atoms with van der Waals surface area (Å²) in [5, 5.41) is 10.3. The number of likely N-dealkylation sites (tertiary alicyclic amines) is 1. The van der Waals surface area contributed by atoms with Gasteiger partial charge in [-0.3, -0.25) is 0 Å². The normalized spacial score (nSPS) is 20.0. The smallest absolute Gasteiger partial charge is 0.165 e. The van der Waals surface area contributed by atoms with Crippen molar-refractivity contribution in [1.29, 1.82) is 0 Å². The molecule has 1 fully saturated rings. The molecule has 0 saturated carbocycles. The second kappa shape index (κ2) is 7.30. The van der Waals surface area contributed by atoms with Gasteiger partial charge in [-0.1, -0.05) is 30.3 Å². The number of hydrogen-bond donors (Lipinski definition) is 2. The summed E-state index contributed by atoms with van der Waals surface area (Å²) in [6.45, 7) is 2.64. The average Bonchev–Trinajstić information content (AvgIpc) is 2.88. The molecule has 1 saturated heterocycles. The highest BCUT2D eigenvalue weighted by atomic mass is 16.3. The number of para-hydroxylation sites is 2. The first-order chi connectivity index (χ1) is 12.7. The van der Waals surface area contributed by atoms with Crippen LogP contribution in [-0.4, -0.2) is 41.3 Å². The summed E-state index contributed by atoms with van der Waals surface area (Å²) in [6, 6.07) is 15.4. The van der Waals surface area contributed by atoms with Gasteiger partial charge in [-0.15, -0.1) is 0 Å². The van der Waals surface area contributed by atoms with Gasteiger partial charge in [-0.25, -0.2) is 9.98 Å². The molecule has 0 aliphatic carbocycles. The molecular weight excluding hydrogens is 324 g/mol. The summed E-state index contributed by atoms with van der Waals surface area (Å²) in [7, 11) is 0. The first kappa shape index (κ1) is 16.8. The Hall–Kier alpha value is -2.66. The lowest BCUT2D eigenvalue weighted by Gasteiger charge is -2.34. The van der Waals surface area contributed by atoms with Crippen LogP contribution in [0.15, 0.2) is 58.5 Å². The molecule has 1 unspecified atom stereocenters. The van der Waals surface area contributed by atoms with Crippen molar-refractivity contribution in [3.8, 4) is 5.75 Å². The van der Waals surface area contributed by atoms with Gasteiger partial charge in [0.1, 0.15) is 11.6 Å². The molecule has 3 N–H and O–H groups in total. The molecule has 2 aliphatic rings. The number of phenolic OH excluding ortho intramolecular Hbond substituents is 1. The summed E-state index contributed by atoms with van der Waals surface area (Å²) >= 11 is 0. The van der Waals surface area contributed by atoms with E-state index in [0.29, 0.717) is 23.9 Å². The van der Waals surface area contributed by atoms with Crippen LogP contribution in [0.1, 0.15) is 24.0 Å². The van der Waals surface area contributed by atoms with Crippen LogP contribution in [0.4, 0.5) is 5.69 Å². The Morgan fingerprint density at radius 3 is 2.73 bits per heavy atom. The van der Waals surface area contributed by atoms with Crippen molar-refractivity contribution in [3.05, 3.63) is 59.7 Å². The highest BCUT2D eigenvalue weighted by molar-refractivity contribution is 6.10. The van der Waals surface area contributed by atoms with Crippen LogP contribution in [0.3, 0.4) is 0 Å². The lowest BCUT2D eigenvalue weighted by atomic mass is 9.97. The maximum Gasteiger partial charge on any atom is 0.165 e. The van der Waals surface area contributed by atoms with E-state index in [1.54, 1.807) is 6.07 Å². The summed E-state index contributed by atoms with van der Waals surface area (Å²) in [5.74, 6) is 2.29. The third-order valence-electron chi connectivity index (χ3n) is 5.16. The molecule has 2 aliphatic heterocycles. The summed E-state index contributed by atoms with van der Waals surface area (Å²) in [5.41, 5.74) is 8.65. The lowest BCUT2D eigenvalue weighted by molar-refractivity contribution is 0.261. The van der Waals surface area contributed by atoms with Crippen LogP contribution in [0.2, 0.25) is 0 Å². The summed E-state index contributed by atoms with van der Waals surface area (Å²) in [4.78, 5) is 12.0. The zero-order chi connectivity index (χ0) is 17.9. The lowest BCUT2D eigenvalue weighted by Crippen LogP contribution is -2.43. The van der Waals surface area contributed by atoms with Crippen LogP contribution in [-0.2, 0) is 6.42 Å². The van der Waals surface area contributed by atoms with E-state index in [4.69, 9.17) is 15.7 Å². The van der Waals surface area contributed by atoms with Crippen molar-refractivity contribution >= 4 is 17.4 Å². The fourth-order valence-corrected chi connectivity index (χ4v) is 3.70. The van der Waals surface area contributed by atoms with E-state index in [-0.39, 0.29) is 5.75 Å². The molecule has 0 spiro atoms. The van der Waals surface area contributed by atoms with E-state index in [0.717, 1.165) is 43.0 Å². The van der Waals surface area contributed by atoms with Crippen LogP contribution < -0.4 is 5.73 Å². The predicted molar refractivity (Wildman–Crippen MR) is 105 cm³/mol. The van der Waals surface area contributed by atoms with E-state index in [2.05, 4.69) is 11.0 Å². The zero-order valence-corrected chi connectivity index (χ0v) is 14.8. The van der Waals surface area contributed by atoms with Gasteiger partial charge in [0, 0.05) is 19.5 Å². The van der Waals surface area contributed by atoms with E-state index >= 15 is 0 Å². The molecule has 1 atom stereocenters. The van der Waals surface area contributed by atoms with Crippen molar-refractivity contribution in [2.45, 2.75) is 19.3 Å². The molecule has 0 radical (unpaired) electrons. The summed E-state index contributed by atoms with van der Waals surface area (Å²) in [6.07, 6.45) is 3.05. The molecule has 5 nitrogen and oxygen atoms in total. The minimum absolute atomic E-state index is 0.201. The van der Waals surface area contributed by atoms with Gasteiger partial charge in [-0.05, 0) is 49.1 Å². The van der Waals surface area contributed by atoms with E-state index in [1.165, 1.54) is 6.42 Å². The number of benzene rings is 2. The van der Waals surface area contributed by atoms with Gasteiger partial charge in [0.2, 0.25) is 0 Å². The second-order valence-electron chi connectivity index (χ2n) is 6.98. The Bertz CT molecular complexity index is 859. The fraction of sp³-hybridized carbons (Fsp3) is 0.333. The molecule has 4 rings (SSSR count). The van der Waals surface area contributed by atoms with Crippen LogP contribution in [0.5, 0.6) is 5.75 Å². The number of piperidine rings is 1. The Morgan fingerprint density at radius 2 is 1.88 bits per heavy atom. The van der Waals surface area contributed by atoms with Gasteiger partial charge in [-0.2, -0.15) is 0 Å². The maximum atomic E-state index is 10.3. The fourth-order valence-electron chi connectivity index (χ4n) is 3.70. The minimum atomic E-state index is 0.201. The third-order valence-corrected chi connectivity index (χ3v) is 5.16. The third kappa shape index (κ3) is 3.35. The molecule has 5 heteroatoms. The van der Waals surface area contributed by atoms with E-state index in [9.17, 15) is 5.11 Å². The predicted octanol–water partition coefficient (Wildman–Crippen LogP) is 3.10. The molecule has 134 valence electrons. The molecule has 2 heterocycles. The molecule has 2 aromatic carbocycles. The van der Waals surface area contributed by atoms with Crippen LogP contribution in [0, 0.1) is 5.92 Å². The maximum absolute atomic E-state index is 10.3. The Balaban J connectivity index is 1.77. The van der Waals surface area contributed by atoms with Crippen molar-refractivity contribution < 1.29 is 5.11 Å². The quantitative estimate of drug-likeness (QED) is 0.876. The van der Waals surface area contributed by atoms with Crippen LogP contribution >= 0.6 is 0 Å². The van der Waals surface area contributed by atoms with Crippen LogP contribution in [0.25, 0.3) is 0 Å². The van der Waals surface area contributed by atoms with Crippen molar-refractivity contribution in [3.63, 3.8) is 0 Å². The average molecular weight is 348 g/mol. The first-order valence-electron chi connectivity index (χ1n) is 9.22. The largest absolute Gasteiger partial charge is 0.507 e. The number of nitrogens with two attached hydrogens (primary N) is 1. The number of amidine groups is 2. The number of aliphatic imine (C=N–C) groups is 2. The zero-order valence-electron chi connectivity index (χ0n) is 14.8. The van der Waals surface area contributed by atoms with Gasteiger partial charge in [0.25, 0.3) is 0 Å². The number of hydrogen-bond acceptors (Lipinski definition) is 5. The van der Waals surface area contributed by atoms with Crippen molar-refractivity contribution in [2.75, 3.05) is 19.6 Å². The topological polar surface area (TPSA) is 74.2 Å². The Labute approximate surface area is 153 Å². The SMILES string of the molecule is NCC1CCCN(C2=NC(c3ccccc3O)=Nc3ccccc3C2)C1. The number of rotatable bonds is 2. The number of fused-ring (bicyclic) bond motifs is 1. The second-order valence-corrected chi connectivity index (χ2v) is 6.98. The Morgan fingerprint density at radius 1 is 1.08 bits per heavy atom. The monoisotopic (exact) mass is 348 g/mol. The van der Waals surface area contributed by atoms with E-state index < -0.39 is 0 Å². The standard InChI is InChI=1S/C21H24N4O/c22-13-15-6-5-11-25(14-15)20-12-16-7-1-3-9-18(16)23-21(24-20)17-8-2-4-10-19(17)26/h1-4,7-10,15,26H,5-6,11-14,22H2. The number of aromatic hydroxyl groups is 1. The van der Waals surface area contributed by atoms with Gasteiger partial charge < -0.3 is 15.7 Å². The van der Waals surface area contributed by atoms with E-state index in [1.807, 2.05) is 36.4 Å². The number of nitrogens with zero attached hydrogens (tertiary/aromatic N) is 3. The highest BCUT2D eigenvalue weighted by Gasteiger charge is 2.24. The molecular formula is C21H24N4O. The molecule has 2 aromatic rings. The molecule has 0 bridgehead atoms. The Kier molecular flexibility index (Phi) is 4.71. The molecule has 26 heavy (non-hydrogen) atoms. The minimum Gasteiger partial charge on any atom is -0.507 e. The highest BCUT2D eigenvalue weighted by Crippen LogP contribution is 2.28. The molecule has 0 aromatic heterocycles. The number of phenols is 1. The van der Waals surface area contributed by atoms with Gasteiger partial charge in [0.05, 0.1) is 11.3 Å². The summed E-state index contributed by atoms with van der Waals surface area (Å²) < 4.78 is 0. The molecule has 0 amide bonds. The van der Waals surface area contributed by atoms with Crippen molar-refractivity contribution in [1.82, 2.24) is 4.90 Å². The van der Waals surface area contributed by atoms with Gasteiger partial charge in [0.15, 0.2) is 5.84 Å². The first-order valence-corrected chi connectivity index (χ1v) is 9.22. The van der Waals surface area contributed by atoms with Gasteiger partial charge >= 0.3 is 0 Å².